The summed E-state index contributed by atoms with van der Waals surface area (Å²) in [5.41, 5.74) is 1.21. The molecule has 1 fully saturated rings. The average molecular weight is 502 g/mol. The number of carbonyl (C=O) groups is 1. The highest BCUT2D eigenvalue weighted by molar-refractivity contribution is 7.71. The zero-order valence-corrected chi connectivity index (χ0v) is 20.5. The van der Waals surface area contributed by atoms with Gasteiger partial charge < -0.3 is 19.3 Å². The normalized spacial score (nSPS) is 16.0. The fourth-order valence-corrected chi connectivity index (χ4v) is 4.99. The lowest BCUT2D eigenvalue weighted by atomic mass is 9.84. The number of nitrogens with zero attached hydrogens (tertiary/aromatic N) is 4. The molecule has 4 aromatic rings. The summed E-state index contributed by atoms with van der Waals surface area (Å²) in [6.45, 7) is 4.89. The minimum absolute atomic E-state index is 0.119. The van der Waals surface area contributed by atoms with Gasteiger partial charge in [0.15, 0.2) is 5.65 Å². The first-order valence-corrected chi connectivity index (χ1v) is 12.2. The van der Waals surface area contributed by atoms with E-state index in [1.165, 1.54) is 0 Å². The monoisotopic (exact) mass is 501 g/mol. The number of likely N-dealkylation sites (tertiary alicyclic amines) is 1. The van der Waals surface area contributed by atoms with Crippen LogP contribution in [-0.4, -0.2) is 55.4 Å². The molecule has 184 valence electrons. The molecule has 36 heavy (non-hydrogen) atoms. The molecule has 1 saturated heterocycles. The summed E-state index contributed by atoms with van der Waals surface area (Å²) in [6.07, 6.45) is 5.76. The Labute approximate surface area is 213 Å². The molecule has 0 saturated carbocycles. The van der Waals surface area contributed by atoms with Crippen LogP contribution >= 0.6 is 12.2 Å². The van der Waals surface area contributed by atoms with E-state index in [0.717, 1.165) is 11.1 Å². The third-order valence-corrected chi connectivity index (χ3v) is 7.09. The minimum atomic E-state index is -0.959. The summed E-state index contributed by atoms with van der Waals surface area (Å²) in [4.78, 5) is 20.3. The maximum atomic E-state index is 14.1. The Hall–Kier alpha value is -3.82. The molecule has 1 aliphatic rings. The number of aromatic nitrogens is 4. The quantitative estimate of drug-likeness (QED) is 0.292. The zero-order chi connectivity index (χ0) is 25.1. The van der Waals surface area contributed by atoms with Crippen LogP contribution in [0.15, 0.2) is 79.8 Å². The molecule has 2 aromatic heterocycles. The predicted octanol–water partition coefficient (Wildman–Crippen LogP) is 4.15. The van der Waals surface area contributed by atoms with Crippen LogP contribution in [0.3, 0.4) is 0 Å². The van der Waals surface area contributed by atoms with Crippen LogP contribution in [0.2, 0.25) is 0 Å². The molecule has 1 aliphatic heterocycles. The van der Waals surface area contributed by atoms with E-state index < -0.39 is 11.6 Å². The second kappa shape index (κ2) is 10.0. The molecular formula is C27H27N5O3S. The molecule has 8 nitrogen and oxygen atoms in total. The Balaban J connectivity index is 1.49. The van der Waals surface area contributed by atoms with Gasteiger partial charge in [0.2, 0.25) is 5.91 Å². The van der Waals surface area contributed by atoms with Crippen molar-refractivity contribution in [3.05, 3.63) is 95.5 Å². The maximum absolute atomic E-state index is 14.1. The molecule has 2 aromatic carbocycles. The van der Waals surface area contributed by atoms with Gasteiger partial charge in [0, 0.05) is 13.1 Å². The van der Waals surface area contributed by atoms with Crippen molar-refractivity contribution in [2.24, 2.45) is 0 Å². The lowest BCUT2D eigenvalue weighted by Crippen LogP contribution is -2.47. The van der Waals surface area contributed by atoms with E-state index in [1.54, 1.807) is 28.1 Å². The topological polar surface area (TPSA) is 96.3 Å². The summed E-state index contributed by atoms with van der Waals surface area (Å²) in [5.74, 6) is 0.512. The number of ether oxygens (including phenoxy) is 1. The Bertz CT molecular complexity index is 1440. The number of hydrogen-bond donors (Lipinski definition) is 2. The molecule has 5 rings (SSSR count). The van der Waals surface area contributed by atoms with Gasteiger partial charge in [0.05, 0.1) is 23.5 Å². The number of piperidine rings is 1. The molecule has 2 N–H and O–H groups in total. The SMILES string of the molecule is C=CCOc1cccc(C(C(=O)N2CCC(O)(c3ccccc3)CC2)n2cnc3[nH]ncc3c2=S)c1. The molecule has 1 atom stereocenters. The summed E-state index contributed by atoms with van der Waals surface area (Å²) in [6, 6.07) is 16.3. The number of amides is 1. The number of fused-ring (bicyclic) bond motifs is 1. The van der Waals surface area contributed by atoms with Gasteiger partial charge in [0.25, 0.3) is 0 Å². The second-order valence-electron chi connectivity index (χ2n) is 8.89. The van der Waals surface area contributed by atoms with Gasteiger partial charge in [-0.3, -0.25) is 9.89 Å². The number of aromatic amines is 1. The number of carbonyl (C=O) groups excluding carboxylic acids is 1. The number of nitrogens with one attached hydrogen (secondary N) is 1. The molecule has 0 bridgehead atoms. The summed E-state index contributed by atoms with van der Waals surface area (Å²) < 4.78 is 7.90. The number of aliphatic hydroxyl groups is 1. The van der Waals surface area contributed by atoms with E-state index >= 15 is 0 Å². The highest BCUT2D eigenvalue weighted by Crippen LogP contribution is 2.34. The van der Waals surface area contributed by atoms with Gasteiger partial charge in [-0.2, -0.15) is 5.10 Å². The van der Waals surface area contributed by atoms with Gasteiger partial charge in [-0.15, -0.1) is 0 Å². The van der Waals surface area contributed by atoms with Crippen LogP contribution in [0.25, 0.3) is 11.0 Å². The third-order valence-electron chi connectivity index (χ3n) is 6.66. The van der Waals surface area contributed by atoms with Crippen molar-refractivity contribution in [2.75, 3.05) is 19.7 Å². The van der Waals surface area contributed by atoms with Crippen molar-refractivity contribution in [1.82, 2.24) is 24.6 Å². The van der Waals surface area contributed by atoms with Crippen molar-refractivity contribution in [3.8, 4) is 5.75 Å². The van der Waals surface area contributed by atoms with Crippen molar-refractivity contribution >= 4 is 29.2 Å². The average Bonchev–Trinajstić information content (AvgIpc) is 3.40. The molecule has 0 radical (unpaired) electrons. The van der Waals surface area contributed by atoms with Crippen LogP contribution in [-0.2, 0) is 10.4 Å². The van der Waals surface area contributed by atoms with Crippen LogP contribution in [0.1, 0.15) is 30.0 Å². The Morgan fingerprint density at radius 1 is 1.22 bits per heavy atom. The van der Waals surface area contributed by atoms with E-state index in [0.29, 0.717) is 54.0 Å². The van der Waals surface area contributed by atoms with Gasteiger partial charge >= 0.3 is 0 Å². The van der Waals surface area contributed by atoms with Crippen LogP contribution in [0.5, 0.6) is 5.75 Å². The Morgan fingerprint density at radius 2 is 2.00 bits per heavy atom. The molecular weight excluding hydrogens is 474 g/mol. The number of rotatable bonds is 7. The lowest BCUT2D eigenvalue weighted by Gasteiger charge is -2.40. The van der Waals surface area contributed by atoms with Crippen molar-refractivity contribution in [1.29, 1.82) is 0 Å². The number of benzene rings is 2. The van der Waals surface area contributed by atoms with E-state index in [9.17, 15) is 9.90 Å². The first-order valence-electron chi connectivity index (χ1n) is 11.8. The molecule has 0 aliphatic carbocycles. The van der Waals surface area contributed by atoms with Crippen molar-refractivity contribution in [3.63, 3.8) is 0 Å². The molecule has 1 amide bonds. The summed E-state index contributed by atoms with van der Waals surface area (Å²) in [5, 5.41) is 18.8. The Morgan fingerprint density at radius 3 is 2.75 bits per heavy atom. The van der Waals surface area contributed by atoms with Gasteiger partial charge in [-0.1, -0.05) is 67.3 Å². The smallest absolute Gasteiger partial charge is 0.250 e. The first-order chi connectivity index (χ1) is 17.5. The van der Waals surface area contributed by atoms with Crippen molar-refractivity contribution < 1.29 is 14.6 Å². The van der Waals surface area contributed by atoms with E-state index in [2.05, 4.69) is 21.8 Å². The second-order valence-corrected chi connectivity index (χ2v) is 9.27. The summed E-state index contributed by atoms with van der Waals surface area (Å²) in [7, 11) is 0. The van der Waals surface area contributed by atoms with Crippen molar-refractivity contribution in [2.45, 2.75) is 24.5 Å². The molecule has 1 unspecified atom stereocenters. The van der Waals surface area contributed by atoms with Gasteiger partial charge in [0.1, 0.15) is 23.0 Å². The van der Waals surface area contributed by atoms with E-state index in [4.69, 9.17) is 17.0 Å². The van der Waals surface area contributed by atoms with E-state index in [1.807, 2.05) is 54.6 Å². The molecule has 0 spiro atoms. The molecule has 3 heterocycles. The highest BCUT2D eigenvalue weighted by Gasteiger charge is 2.38. The fraction of sp³-hybridized carbons (Fsp3) is 0.259. The minimum Gasteiger partial charge on any atom is -0.490 e. The highest BCUT2D eigenvalue weighted by atomic mass is 32.1. The van der Waals surface area contributed by atoms with Crippen LogP contribution < -0.4 is 4.74 Å². The van der Waals surface area contributed by atoms with E-state index in [-0.39, 0.29) is 5.91 Å². The van der Waals surface area contributed by atoms with Crippen LogP contribution in [0, 0.1) is 4.64 Å². The van der Waals surface area contributed by atoms with Gasteiger partial charge in [-0.05, 0) is 36.1 Å². The maximum Gasteiger partial charge on any atom is 0.250 e. The predicted molar refractivity (Wildman–Crippen MR) is 139 cm³/mol. The Kier molecular flexibility index (Phi) is 6.67. The van der Waals surface area contributed by atoms with Gasteiger partial charge in [-0.25, -0.2) is 4.98 Å². The number of hydrogen-bond acceptors (Lipinski definition) is 6. The fourth-order valence-electron chi connectivity index (χ4n) is 4.69. The lowest BCUT2D eigenvalue weighted by molar-refractivity contribution is -0.138. The molecule has 9 heteroatoms. The standard InChI is InChI=1S/C27H27N5O3S/c1-2-15-35-21-10-6-7-19(16-21)23(32-18-28-24-22(26(32)36)17-29-30-24)25(33)31-13-11-27(34,12-14-31)20-8-4-3-5-9-20/h2-10,16-18,23,34H,1,11-15H2,(H,29,30). The zero-order valence-electron chi connectivity index (χ0n) is 19.7. The third kappa shape index (κ3) is 4.55. The number of H-pyrrole nitrogens is 1. The largest absolute Gasteiger partial charge is 0.490 e. The summed E-state index contributed by atoms with van der Waals surface area (Å²) >= 11 is 5.76. The van der Waals surface area contributed by atoms with Crippen LogP contribution in [0.4, 0.5) is 0 Å². The first kappa shape index (κ1) is 23.9.